The van der Waals surface area contributed by atoms with Crippen LogP contribution in [0.3, 0.4) is 0 Å². The molecule has 0 fully saturated rings. The molecule has 160 valence electrons. The van der Waals surface area contributed by atoms with Gasteiger partial charge >= 0.3 is 0 Å². The third-order valence-corrected chi connectivity index (χ3v) is 8.23. The molecule has 0 bridgehead atoms. The minimum atomic E-state index is -3.45. The molecule has 2 aromatic carbocycles. The summed E-state index contributed by atoms with van der Waals surface area (Å²) >= 11 is 3.15. The van der Waals surface area contributed by atoms with Crippen molar-refractivity contribution in [1.29, 1.82) is 0 Å². The molecule has 1 amide bonds. The van der Waals surface area contributed by atoms with E-state index in [1.165, 1.54) is 30.6 Å². The lowest BCUT2D eigenvalue weighted by Crippen LogP contribution is -2.16. The number of carbonyl (C=O) groups is 1. The minimum absolute atomic E-state index is 0.0867. The topological polar surface area (TPSA) is 77.7 Å². The third kappa shape index (κ3) is 5.14. The highest BCUT2D eigenvalue weighted by atomic mass is 32.2. The Morgan fingerprint density at radius 3 is 2.57 bits per heavy atom. The van der Waals surface area contributed by atoms with Gasteiger partial charge < -0.3 is 9.30 Å². The number of fused-ring (bicyclic) bond motifs is 1. The number of thiazole rings is 1. The van der Waals surface area contributed by atoms with Gasteiger partial charge in [-0.1, -0.05) is 11.3 Å². The number of hydrogen-bond donors (Lipinski definition) is 0. The van der Waals surface area contributed by atoms with Gasteiger partial charge in [0.25, 0.3) is 0 Å². The number of benzene rings is 2. The van der Waals surface area contributed by atoms with Crippen LogP contribution in [0.15, 0.2) is 57.2 Å². The lowest BCUT2D eigenvalue weighted by Gasteiger charge is -2.05. The summed E-state index contributed by atoms with van der Waals surface area (Å²) in [6, 6.07) is 12.5. The average Bonchev–Trinajstić information content (AvgIpc) is 3.09. The fourth-order valence-corrected chi connectivity index (χ4v) is 6.02. The Bertz CT molecular complexity index is 1210. The molecule has 9 heteroatoms. The number of aromatic nitrogens is 1. The molecule has 3 aromatic rings. The van der Waals surface area contributed by atoms with E-state index in [4.69, 9.17) is 4.74 Å². The number of aryl methyl sites for hydroxylation is 1. The van der Waals surface area contributed by atoms with E-state index in [1.54, 1.807) is 23.9 Å². The van der Waals surface area contributed by atoms with Crippen LogP contribution in [0, 0.1) is 0 Å². The van der Waals surface area contributed by atoms with Gasteiger partial charge in [-0.05, 0) is 62.1 Å². The highest BCUT2D eigenvalue weighted by molar-refractivity contribution is 7.98. The van der Waals surface area contributed by atoms with Gasteiger partial charge in [-0.2, -0.15) is 4.99 Å². The number of ether oxygens (including phenoxy) is 1. The Hall–Kier alpha value is -2.10. The first-order chi connectivity index (χ1) is 14.4. The summed E-state index contributed by atoms with van der Waals surface area (Å²) in [7, 11) is -1.92. The normalized spacial score (nSPS) is 12.4. The molecule has 3 rings (SSSR count). The summed E-state index contributed by atoms with van der Waals surface area (Å²) in [5.41, 5.74) is 1.05. The second kappa shape index (κ2) is 9.80. The van der Waals surface area contributed by atoms with Crippen LogP contribution in [-0.4, -0.2) is 38.0 Å². The van der Waals surface area contributed by atoms with Gasteiger partial charge in [0, 0.05) is 17.9 Å². The van der Waals surface area contributed by atoms with Crippen LogP contribution in [-0.2, 0) is 21.2 Å². The second-order valence-electron chi connectivity index (χ2n) is 6.57. The Balaban J connectivity index is 1.71. The fourth-order valence-electron chi connectivity index (χ4n) is 3.05. The van der Waals surface area contributed by atoms with Crippen LogP contribution in [0.4, 0.5) is 0 Å². The fraction of sp³-hybridized carbons (Fsp3) is 0.333. The molecule has 0 saturated heterocycles. The van der Waals surface area contributed by atoms with Crippen LogP contribution in [0.2, 0.25) is 0 Å². The molecule has 0 aliphatic rings. The lowest BCUT2D eigenvalue weighted by molar-refractivity contribution is -0.118. The average molecular weight is 465 g/mol. The van der Waals surface area contributed by atoms with Crippen molar-refractivity contribution >= 4 is 49.1 Å². The molecule has 0 spiro atoms. The van der Waals surface area contributed by atoms with Crippen molar-refractivity contribution in [3.63, 3.8) is 0 Å². The molecule has 0 aliphatic heterocycles. The van der Waals surface area contributed by atoms with Crippen molar-refractivity contribution in [3.8, 4) is 5.75 Å². The van der Waals surface area contributed by atoms with Gasteiger partial charge in [-0.3, -0.25) is 4.79 Å². The van der Waals surface area contributed by atoms with Gasteiger partial charge in [0.1, 0.15) is 5.75 Å². The molecule has 0 aliphatic carbocycles. The second-order valence-corrected chi connectivity index (χ2v) is 10.6. The van der Waals surface area contributed by atoms with Crippen molar-refractivity contribution in [2.45, 2.75) is 36.1 Å². The SMILES string of the molecule is CCn1c(=NC(=O)CCCS(=O)(=O)c2ccc(OC)cc2)sc2cc(SC)ccc21. The molecule has 0 atom stereocenters. The van der Waals surface area contributed by atoms with Crippen LogP contribution < -0.4 is 9.54 Å². The third-order valence-electron chi connectivity index (χ3n) is 4.65. The first-order valence-corrected chi connectivity index (χ1v) is 13.2. The van der Waals surface area contributed by atoms with Gasteiger partial charge in [-0.15, -0.1) is 11.8 Å². The van der Waals surface area contributed by atoms with Gasteiger partial charge in [-0.25, -0.2) is 8.42 Å². The number of rotatable bonds is 8. The van der Waals surface area contributed by atoms with E-state index in [0.29, 0.717) is 17.1 Å². The van der Waals surface area contributed by atoms with E-state index in [2.05, 4.69) is 17.1 Å². The van der Waals surface area contributed by atoms with Gasteiger partial charge in [0.05, 0.1) is 28.0 Å². The van der Waals surface area contributed by atoms with Crippen molar-refractivity contribution in [3.05, 3.63) is 47.3 Å². The molecule has 30 heavy (non-hydrogen) atoms. The molecule has 6 nitrogen and oxygen atoms in total. The largest absolute Gasteiger partial charge is 0.497 e. The van der Waals surface area contributed by atoms with Crippen molar-refractivity contribution in [2.24, 2.45) is 4.99 Å². The number of thioether (sulfide) groups is 1. The van der Waals surface area contributed by atoms with Crippen LogP contribution in [0.25, 0.3) is 10.2 Å². The molecule has 1 aromatic heterocycles. The summed E-state index contributed by atoms with van der Waals surface area (Å²) in [6.45, 7) is 2.72. The number of hydrogen-bond acceptors (Lipinski definition) is 6. The summed E-state index contributed by atoms with van der Waals surface area (Å²) in [4.78, 5) is 18.7. The quantitative estimate of drug-likeness (QED) is 0.468. The predicted molar refractivity (Wildman–Crippen MR) is 122 cm³/mol. The van der Waals surface area contributed by atoms with Crippen LogP contribution in [0.1, 0.15) is 19.8 Å². The highest BCUT2D eigenvalue weighted by Gasteiger charge is 2.15. The standard InChI is InChI=1S/C21H24N2O4S3/c1-4-23-18-12-9-16(28-3)14-19(18)29-21(23)22-20(24)6-5-13-30(25,26)17-10-7-15(27-2)8-11-17/h7-12,14H,4-6,13H2,1-3H3. The van der Waals surface area contributed by atoms with Gasteiger partial charge in [0.15, 0.2) is 14.6 Å². The Morgan fingerprint density at radius 2 is 1.93 bits per heavy atom. The first kappa shape index (κ1) is 22.6. The number of methoxy groups -OCH3 is 1. The van der Waals surface area contributed by atoms with E-state index in [0.717, 1.165) is 15.1 Å². The van der Waals surface area contributed by atoms with Crippen LogP contribution >= 0.6 is 23.1 Å². The number of sulfone groups is 1. The van der Waals surface area contributed by atoms with Crippen molar-refractivity contribution in [2.75, 3.05) is 19.1 Å². The molecule has 0 saturated carbocycles. The zero-order chi connectivity index (χ0) is 21.7. The van der Waals surface area contributed by atoms with Crippen molar-refractivity contribution in [1.82, 2.24) is 4.57 Å². The Kier molecular flexibility index (Phi) is 7.38. The maximum Gasteiger partial charge on any atom is 0.248 e. The first-order valence-electron chi connectivity index (χ1n) is 9.49. The molecule has 0 N–H and O–H groups in total. The highest BCUT2D eigenvalue weighted by Crippen LogP contribution is 2.24. The summed E-state index contributed by atoms with van der Waals surface area (Å²) in [6.07, 6.45) is 2.34. The molecular formula is C21H24N2O4S3. The van der Waals surface area contributed by atoms with Crippen molar-refractivity contribution < 1.29 is 17.9 Å². The maximum absolute atomic E-state index is 12.5. The molecular weight excluding hydrogens is 440 g/mol. The molecule has 0 unspecified atom stereocenters. The van der Waals surface area contributed by atoms with E-state index in [9.17, 15) is 13.2 Å². The summed E-state index contributed by atoms with van der Waals surface area (Å²) in [5.74, 6) is 0.191. The van der Waals surface area contributed by atoms with E-state index < -0.39 is 9.84 Å². The smallest absolute Gasteiger partial charge is 0.248 e. The summed E-state index contributed by atoms with van der Waals surface area (Å²) < 4.78 is 33.1. The van der Waals surface area contributed by atoms with E-state index >= 15 is 0 Å². The number of carbonyl (C=O) groups excluding carboxylic acids is 1. The maximum atomic E-state index is 12.5. The Morgan fingerprint density at radius 1 is 1.20 bits per heavy atom. The molecule has 1 heterocycles. The lowest BCUT2D eigenvalue weighted by atomic mass is 10.3. The van der Waals surface area contributed by atoms with E-state index in [1.807, 2.05) is 23.8 Å². The predicted octanol–water partition coefficient (Wildman–Crippen LogP) is 4.13. The minimum Gasteiger partial charge on any atom is -0.497 e. The molecule has 0 radical (unpaired) electrons. The number of nitrogens with zero attached hydrogens (tertiary/aromatic N) is 2. The monoisotopic (exact) mass is 464 g/mol. The zero-order valence-electron chi connectivity index (χ0n) is 17.1. The summed E-state index contributed by atoms with van der Waals surface area (Å²) in [5, 5.41) is 0. The van der Waals surface area contributed by atoms with Gasteiger partial charge in [0.2, 0.25) is 5.91 Å². The number of amides is 1. The zero-order valence-corrected chi connectivity index (χ0v) is 19.6. The Labute approximate surface area is 184 Å². The van der Waals surface area contributed by atoms with Crippen LogP contribution in [0.5, 0.6) is 5.75 Å². The van der Waals surface area contributed by atoms with E-state index in [-0.39, 0.29) is 29.4 Å².